The van der Waals surface area contributed by atoms with Crippen LogP contribution < -0.4 is 5.32 Å². The third-order valence-corrected chi connectivity index (χ3v) is 4.62. The van der Waals surface area contributed by atoms with Gasteiger partial charge in [0.1, 0.15) is 12.1 Å². The molecule has 2 saturated heterocycles. The Bertz CT molecular complexity index is 534. The molecule has 1 unspecified atom stereocenters. The maximum atomic E-state index is 12.5. The van der Waals surface area contributed by atoms with E-state index >= 15 is 0 Å². The molecular formula is C16H28N4O4. The molecule has 0 aromatic heterocycles. The molecule has 2 N–H and O–H groups in total. The lowest BCUT2D eigenvalue weighted by Gasteiger charge is -2.30. The Balaban J connectivity index is 1.96. The second-order valence-corrected chi connectivity index (χ2v) is 7.64. The van der Waals surface area contributed by atoms with E-state index in [0.717, 1.165) is 4.90 Å². The van der Waals surface area contributed by atoms with Gasteiger partial charge in [-0.3, -0.25) is 14.5 Å². The van der Waals surface area contributed by atoms with E-state index in [9.17, 15) is 19.5 Å². The van der Waals surface area contributed by atoms with E-state index in [4.69, 9.17) is 0 Å². The minimum atomic E-state index is -0.970. The number of hydrogen-bond donors (Lipinski definition) is 2. The van der Waals surface area contributed by atoms with Gasteiger partial charge in [-0.15, -0.1) is 0 Å². The molecule has 8 nitrogen and oxygen atoms in total. The van der Waals surface area contributed by atoms with Crippen molar-refractivity contribution in [1.29, 1.82) is 0 Å². The first-order chi connectivity index (χ1) is 11.0. The van der Waals surface area contributed by atoms with Crippen molar-refractivity contribution < 1.29 is 19.5 Å². The SMILES string of the molecule is CN(C)CC1(O)CCCN(C(=O)CN2C(=O)NC(C)(C)C2=O)CC1. The molecule has 136 valence electrons. The first-order valence-corrected chi connectivity index (χ1v) is 8.33. The first kappa shape index (κ1) is 18.7. The lowest BCUT2D eigenvalue weighted by molar-refractivity contribution is -0.138. The summed E-state index contributed by atoms with van der Waals surface area (Å²) in [6.45, 7) is 4.49. The summed E-state index contributed by atoms with van der Waals surface area (Å²) in [6.07, 6.45) is 1.81. The van der Waals surface area contributed by atoms with Gasteiger partial charge < -0.3 is 20.2 Å². The number of nitrogens with zero attached hydrogens (tertiary/aromatic N) is 3. The summed E-state index contributed by atoms with van der Waals surface area (Å²) in [5, 5.41) is 13.2. The third-order valence-electron chi connectivity index (χ3n) is 4.62. The Kier molecular flexibility index (Phi) is 5.19. The van der Waals surface area contributed by atoms with Crippen molar-refractivity contribution in [2.75, 3.05) is 40.3 Å². The average molecular weight is 340 g/mol. The van der Waals surface area contributed by atoms with Crippen LogP contribution in [0.3, 0.4) is 0 Å². The Labute approximate surface area is 142 Å². The largest absolute Gasteiger partial charge is 0.388 e. The van der Waals surface area contributed by atoms with E-state index in [0.29, 0.717) is 38.9 Å². The smallest absolute Gasteiger partial charge is 0.325 e. The standard InChI is InChI=1S/C16H28N4O4/c1-15(2)13(22)20(14(23)17-15)10-12(21)19-8-5-6-16(24,7-9-19)11-18(3)4/h24H,5-11H2,1-4H3,(H,17,23). The Morgan fingerprint density at radius 3 is 2.46 bits per heavy atom. The van der Waals surface area contributed by atoms with Crippen molar-refractivity contribution >= 4 is 17.8 Å². The molecule has 0 spiro atoms. The van der Waals surface area contributed by atoms with Crippen LogP contribution >= 0.6 is 0 Å². The van der Waals surface area contributed by atoms with Crippen LogP contribution in [0.1, 0.15) is 33.1 Å². The summed E-state index contributed by atoms with van der Waals surface area (Å²) < 4.78 is 0. The Morgan fingerprint density at radius 1 is 1.25 bits per heavy atom. The van der Waals surface area contributed by atoms with Crippen molar-refractivity contribution in [3.63, 3.8) is 0 Å². The summed E-state index contributed by atoms with van der Waals surface area (Å²) in [7, 11) is 3.82. The van der Waals surface area contributed by atoms with Gasteiger partial charge in [-0.2, -0.15) is 0 Å². The lowest BCUT2D eigenvalue weighted by atomic mass is 9.94. The number of likely N-dealkylation sites (tertiary alicyclic amines) is 1. The van der Waals surface area contributed by atoms with Crippen LogP contribution in [-0.2, 0) is 9.59 Å². The summed E-state index contributed by atoms with van der Waals surface area (Å²) in [5.41, 5.74) is -1.77. The van der Waals surface area contributed by atoms with E-state index in [-0.39, 0.29) is 18.4 Å². The quantitative estimate of drug-likeness (QED) is 0.681. The van der Waals surface area contributed by atoms with E-state index in [1.54, 1.807) is 18.7 Å². The van der Waals surface area contributed by atoms with E-state index in [1.165, 1.54) is 0 Å². The fourth-order valence-corrected chi connectivity index (χ4v) is 3.37. The molecular weight excluding hydrogens is 312 g/mol. The van der Waals surface area contributed by atoms with Crippen LogP contribution in [0.2, 0.25) is 0 Å². The van der Waals surface area contributed by atoms with Crippen LogP contribution in [0, 0.1) is 0 Å². The molecule has 24 heavy (non-hydrogen) atoms. The molecule has 2 aliphatic rings. The zero-order valence-corrected chi connectivity index (χ0v) is 15.0. The molecule has 2 fully saturated rings. The summed E-state index contributed by atoms with van der Waals surface area (Å²) in [6, 6.07) is -0.530. The minimum absolute atomic E-state index is 0.250. The molecule has 8 heteroatoms. The van der Waals surface area contributed by atoms with Gasteiger partial charge in [0.25, 0.3) is 5.91 Å². The third kappa shape index (κ3) is 4.05. The molecule has 2 heterocycles. The summed E-state index contributed by atoms with van der Waals surface area (Å²) in [4.78, 5) is 41.1. The Hall–Kier alpha value is -1.67. The van der Waals surface area contributed by atoms with Crippen molar-refractivity contribution in [2.45, 2.75) is 44.2 Å². The molecule has 4 amide bonds. The van der Waals surface area contributed by atoms with Crippen molar-refractivity contribution in [1.82, 2.24) is 20.0 Å². The van der Waals surface area contributed by atoms with Gasteiger partial charge in [-0.1, -0.05) is 0 Å². The molecule has 0 bridgehead atoms. The number of amides is 4. The number of nitrogens with one attached hydrogen (secondary N) is 1. The van der Waals surface area contributed by atoms with Crippen molar-refractivity contribution in [2.24, 2.45) is 0 Å². The molecule has 0 saturated carbocycles. The maximum absolute atomic E-state index is 12.5. The number of rotatable bonds is 4. The van der Waals surface area contributed by atoms with Gasteiger partial charge in [0.2, 0.25) is 5.91 Å². The van der Waals surface area contributed by atoms with Gasteiger partial charge >= 0.3 is 6.03 Å². The predicted octanol–water partition coefficient (Wildman–Crippen LogP) is -0.378. The fourth-order valence-electron chi connectivity index (χ4n) is 3.37. The lowest BCUT2D eigenvalue weighted by Crippen LogP contribution is -2.45. The highest BCUT2D eigenvalue weighted by atomic mass is 16.3. The van der Waals surface area contributed by atoms with Crippen molar-refractivity contribution in [3.8, 4) is 0 Å². The van der Waals surface area contributed by atoms with Crippen LogP contribution in [0.15, 0.2) is 0 Å². The number of urea groups is 1. The molecule has 2 rings (SSSR count). The van der Waals surface area contributed by atoms with Gasteiger partial charge in [0.15, 0.2) is 0 Å². The molecule has 2 aliphatic heterocycles. The molecule has 0 radical (unpaired) electrons. The molecule has 0 aromatic carbocycles. The average Bonchev–Trinajstić information content (AvgIpc) is 2.60. The summed E-state index contributed by atoms with van der Waals surface area (Å²) >= 11 is 0. The highest BCUT2D eigenvalue weighted by Crippen LogP contribution is 2.23. The number of carbonyl (C=O) groups excluding carboxylic acids is 3. The number of aliphatic hydroxyl groups is 1. The predicted molar refractivity (Wildman–Crippen MR) is 88.3 cm³/mol. The number of carbonyl (C=O) groups is 3. The zero-order chi connectivity index (χ0) is 18.1. The van der Waals surface area contributed by atoms with Crippen LogP contribution in [0.4, 0.5) is 4.79 Å². The van der Waals surface area contributed by atoms with Gasteiger partial charge in [0.05, 0.1) is 5.60 Å². The molecule has 0 aliphatic carbocycles. The van der Waals surface area contributed by atoms with Crippen LogP contribution in [0.5, 0.6) is 0 Å². The molecule has 0 aromatic rings. The number of imide groups is 1. The van der Waals surface area contributed by atoms with Crippen molar-refractivity contribution in [3.05, 3.63) is 0 Å². The van der Waals surface area contributed by atoms with Crippen LogP contribution in [0.25, 0.3) is 0 Å². The van der Waals surface area contributed by atoms with Gasteiger partial charge in [-0.25, -0.2) is 4.79 Å². The second-order valence-electron chi connectivity index (χ2n) is 7.64. The van der Waals surface area contributed by atoms with Gasteiger partial charge in [-0.05, 0) is 47.2 Å². The maximum Gasteiger partial charge on any atom is 0.325 e. The topological polar surface area (TPSA) is 93.2 Å². The summed E-state index contributed by atoms with van der Waals surface area (Å²) in [5.74, 6) is -0.648. The highest BCUT2D eigenvalue weighted by molar-refractivity contribution is 6.08. The number of likely N-dealkylation sites (N-methyl/N-ethyl adjacent to an activating group) is 1. The van der Waals surface area contributed by atoms with E-state index in [2.05, 4.69) is 5.32 Å². The fraction of sp³-hybridized carbons (Fsp3) is 0.812. The zero-order valence-electron chi connectivity index (χ0n) is 15.0. The monoisotopic (exact) mass is 340 g/mol. The highest BCUT2D eigenvalue weighted by Gasteiger charge is 2.45. The van der Waals surface area contributed by atoms with Gasteiger partial charge in [0, 0.05) is 19.6 Å². The Morgan fingerprint density at radius 2 is 1.92 bits per heavy atom. The van der Waals surface area contributed by atoms with E-state index in [1.807, 2.05) is 19.0 Å². The second kappa shape index (κ2) is 6.68. The molecule has 1 atom stereocenters. The number of hydrogen-bond acceptors (Lipinski definition) is 5. The van der Waals surface area contributed by atoms with E-state index < -0.39 is 17.2 Å². The first-order valence-electron chi connectivity index (χ1n) is 8.33. The van der Waals surface area contributed by atoms with Crippen LogP contribution in [-0.4, -0.2) is 89.1 Å². The minimum Gasteiger partial charge on any atom is -0.388 e. The normalized spacial score (nSPS) is 27.4.